The average molecular weight is 409 g/mol. The van der Waals surface area contributed by atoms with Gasteiger partial charge in [-0.25, -0.2) is 4.79 Å². The van der Waals surface area contributed by atoms with Gasteiger partial charge in [0.25, 0.3) is 0 Å². The molecule has 0 aromatic heterocycles. The number of fused-ring (bicyclic) bond motifs is 3. The Bertz CT molecular complexity index is 1130. The molecule has 3 aromatic rings. The molecule has 3 N–H and O–H groups in total. The summed E-state index contributed by atoms with van der Waals surface area (Å²) in [4.78, 5) is 12.2. The van der Waals surface area contributed by atoms with Crippen LogP contribution in [0.2, 0.25) is 0 Å². The Morgan fingerprint density at radius 1 is 1.06 bits per heavy atom. The number of hydrogen-bond acceptors (Lipinski definition) is 4. The molecule has 3 aromatic carbocycles. The summed E-state index contributed by atoms with van der Waals surface area (Å²) < 4.78 is 5.52. The molecule has 31 heavy (non-hydrogen) atoms. The summed E-state index contributed by atoms with van der Waals surface area (Å²) in [6.45, 7) is 0.747. The van der Waals surface area contributed by atoms with E-state index in [1.807, 2.05) is 42.5 Å². The normalized spacial score (nSPS) is 12.2. The van der Waals surface area contributed by atoms with Gasteiger partial charge in [0, 0.05) is 18.2 Å². The lowest BCUT2D eigenvalue weighted by Crippen LogP contribution is -2.26. The molecule has 0 radical (unpaired) electrons. The molecule has 1 amide bonds. The second-order valence-corrected chi connectivity index (χ2v) is 7.40. The molecule has 0 aliphatic heterocycles. The first kappa shape index (κ1) is 20.2. The second kappa shape index (κ2) is 9.19. The van der Waals surface area contributed by atoms with Gasteiger partial charge in [0.1, 0.15) is 6.61 Å². The molecular weight excluding hydrogens is 386 g/mol. The number of anilines is 1. The third-order valence-corrected chi connectivity index (χ3v) is 5.42. The van der Waals surface area contributed by atoms with Crippen LogP contribution in [0.1, 0.15) is 34.6 Å². The van der Waals surface area contributed by atoms with Crippen molar-refractivity contribution in [1.82, 2.24) is 5.32 Å². The fourth-order valence-electron chi connectivity index (χ4n) is 3.93. The molecule has 0 unspecified atom stereocenters. The summed E-state index contributed by atoms with van der Waals surface area (Å²) in [5.74, 6) is 0.0490. The first-order valence-corrected chi connectivity index (χ1v) is 10.2. The number of nitrogens with zero attached hydrogens (tertiary/aromatic N) is 1. The first-order chi connectivity index (χ1) is 15.2. The van der Waals surface area contributed by atoms with E-state index in [1.54, 1.807) is 12.1 Å². The largest absolute Gasteiger partial charge is 0.449 e. The monoisotopic (exact) mass is 409 g/mol. The highest BCUT2D eigenvalue weighted by molar-refractivity contribution is 5.79. The number of carbonyl (C=O) groups is 1. The van der Waals surface area contributed by atoms with E-state index < -0.39 is 6.09 Å². The molecule has 0 spiro atoms. The van der Waals surface area contributed by atoms with Crippen molar-refractivity contribution in [2.45, 2.75) is 12.3 Å². The summed E-state index contributed by atoms with van der Waals surface area (Å²) in [6, 6.07) is 23.9. The third kappa shape index (κ3) is 4.44. The van der Waals surface area contributed by atoms with Gasteiger partial charge in [0.05, 0.1) is 11.6 Å². The van der Waals surface area contributed by atoms with Crippen molar-refractivity contribution in [3.8, 4) is 17.2 Å². The van der Waals surface area contributed by atoms with E-state index in [0.717, 1.165) is 5.56 Å². The van der Waals surface area contributed by atoms with Crippen LogP contribution in [-0.4, -0.2) is 19.2 Å². The maximum absolute atomic E-state index is 12.2. The van der Waals surface area contributed by atoms with Crippen LogP contribution in [0, 0.1) is 11.3 Å². The van der Waals surface area contributed by atoms with Gasteiger partial charge in [-0.2, -0.15) is 5.26 Å². The molecular formula is C26H23N3O2. The van der Waals surface area contributed by atoms with Crippen LogP contribution >= 0.6 is 0 Å². The number of ether oxygens (including phenoxy) is 1. The minimum atomic E-state index is -0.430. The Kier molecular flexibility index (Phi) is 6.00. The molecule has 5 nitrogen and oxygen atoms in total. The van der Waals surface area contributed by atoms with Gasteiger partial charge < -0.3 is 15.8 Å². The predicted octanol–water partition coefficient (Wildman–Crippen LogP) is 5.08. The molecule has 0 heterocycles. The maximum atomic E-state index is 12.2. The molecule has 1 aliphatic rings. The fraction of sp³-hybridized carbons (Fsp3) is 0.154. The Hall–Kier alpha value is -4.04. The first-order valence-electron chi connectivity index (χ1n) is 10.2. The van der Waals surface area contributed by atoms with Crippen LogP contribution < -0.4 is 11.1 Å². The van der Waals surface area contributed by atoms with Gasteiger partial charge >= 0.3 is 6.09 Å². The molecule has 4 rings (SSSR count). The Balaban J connectivity index is 1.28. The zero-order valence-electron chi connectivity index (χ0n) is 17.0. The quantitative estimate of drug-likeness (QED) is 0.439. The molecule has 0 bridgehead atoms. The van der Waals surface area contributed by atoms with Crippen LogP contribution in [0.3, 0.4) is 0 Å². The highest BCUT2D eigenvalue weighted by atomic mass is 16.5. The summed E-state index contributed by atoms with van der Waals surface area (Å²) in [5.41, 5.74) is 12.4. The van der Waals surface area contributed by atoms with Gasteiger partial charge in [-0.1, -0.05) is 66.7 Å². The van der Waals surface area contributed by atoms with E-state index in [9.17, 15) is 10.1 Å². The molecule has 5 heteroatoms. The van der Waals surface area contributed by atoms with Gasteiger partial charge in [-0.15, -0.1) is 0 Å². The predicted molar refractivity (Wildman–Crippen MR) is 122 cm³/mol. The van der Waals surface area contributed by atoms with Crippen molar-refractivity contribution in [3.05, 3.63) is 95.1 Å². The lowest BCUT2D eigenvalue weighted by atomic mass is 9.98. The van der Waals surface area contributed by atoms with Crippen LogP contribution in [0.4, 0.5) is 10.5 Å². The Morgan fingerprint density at radius 2 is 1.74 bits per heavy atom. The van der Waals surface area contributed by atoms with Crippen molar-refractivity contribution in [1.29, 1.82) is 5.26 Å². The lowest BCUT2D eigenvalue weighted by Gasteiger charge is -2.14. The van der Waals surface area contributed by atoms with Gasteiger partial charge in [-0.3, -0.25) is 0 Å². The zero-order chi connectivity index (χ0) is 21.6. The van der Waals surface area contributed by atoms with Crippen molar-refractivity contribution in [2.24, 2.45) is 0 Å². The van der Waals surface area contributed by atoms with E-state index in [0.29, 0.717) is 30.8 Å². The van der Waals surface area contributed by atoms with E-state index in [2.05, 4.69) is 35.7 Å². The van der Waals surface area contributed by atoms with Crippen LogP contribution in [0.25, 0.3) is 17.2 Å². The number of nitriles is 1. The Morgan fingerprint density at radius 3 is 2.42 bits per heavy atom. The van der Waals surface area contributed by atoms with Crippen LogP contribution in [0.5, 0.6) is 0 Å². The topological polar surface area (TPSA) is 88.1 Å². The van der Waals surface area contributed by atoms with Crippen LogP contribution in [-0.2, 0) is 4.74 Å². The number of alkyl carbamates (subject to hydrolysis) is 1. The summed E-state index contributed by atoms with van der Waals surface area (Å²) in [5, 5.41) is 12.0. The summed E-state index contributed by atoms with van der Waals surface area (Å²) >= 11 is 0. The van der Waals surface area contributed by atoms with Gasteiger partial charge in [0.2, 0.25) is 0 Å². The minimum Gasteiger partial charge on any atom is -0.449 e. The number of hydrogen-bond donors (Lipinski definition) is 2. The molecule has 154 valence electrons. The average Bonchev–Trinajstić information content (AvgIpc) is 3.12. The van der Waals surface area contributed by atoms with E-state index >= 15 is 0 Å². The molecule has 0 fully saturated rings. The van der Waals surface area contributed by atoms with Gasteiger partial charge in [0.15, 0.2) is 0 Å². The summed E-state index contributed by atoms with van der Waals surface area (Å²) in [7, 11) is 0. The fourth-order valence-corrected chi connectivity index (χ4v) is 3.93. The van der Waals surface area contributed by atoms with E-state index in [-0.39, 0.29) is 5.92 Å². The van der Waals surface area contributed by atoms with E-state index in [4.69, 9.17) is 10.5 Å². The smallest absolute Gasteiger partial charge is 0.407 e. The number of amides is 1. The number of rotatable bonds is 6. The number of nitrogens with two attached hydrogens (primary N) is 1. The summed E-state index contributed by atoms with van der Waals surface area (Å²) in [6.07, 6.45) is 3.97. The van der Waals surface area contributed by atoms with Crippen molar-refractivity contribution < 1.29 is 9.53 Å². The van der Waals surface area contributed by atoms with Crippen molar-refractivity contribution in [2.75, 3.05) is 18.9 Å². The maximum Gasteiger partial charge on any atom is 0.407 e. The second-order valence-electron chi connectivity index (χ2n) is 7.40. The van der Waals surface area contributed by atoms with Crippen molar-refractivity contribution >= 4 is 17.9 Å². The number of nitrogen functional groups attached to an aromatic ring is 1. The van der Waals surface area contributed by atoms with Crippen LogP contribution in [0.15, 0.2) is 72.8 Å². The Labute approximate surface area is 181 Å². The highest BCUT2D eigenvalue weighted by Gasteiger charge is 2.28. The molecule has 0 saturated carbocycles. The van der Waals surface area contributed by atoms with Crippen molar-refractivity contribution in [3.63, 3.8) is 0 Å². The number of nitrogens with one attached hydrogen (secondary N) is 1. The lowest BCUT2D eigenvalue weighted by molar-refractivity contribution is 0.143. The van der Waals surface area contributed by atoms with Gasteiger partial charge in [-0.05, 0) is 46.4 Å². The zero-order valence-corrected chi connectivity index (χ0v) is 17.0. The SMILES string of the molecule is N#Cc1cc(N)ccc1C=CCCNC(=O)OCC1c2ccccc2-c2ccccc21. The minimum absolute atomic E-state index is 0.0490. The number of carbonyl (C=O) groups excluding carboxylic acids is 1. The highest BCUT2D eigenvalue weighted by Crippen LogP contribution is 2.44. The molecule has 0 atom stereocenters. The molecule has 0 saturated heterocycles. The standard InChI is InChI=1S/C26H23N3O2/c27-16-19-15-20(28)13-12-18(19)7-5-6-14-29-26(30)31-17-25-23-10-3-1-8-21(23)22-9-2-4-11-24(22)25/h1-5,7-13,15,25H,6,14,17,28H2,(H,29,30). The molecule has 1 aliphatic carbocycles. The third-order valence-electron chi connectivity index (χ3n) is 5.42. The van der Waals surface area contributed by atoms with E-state index in [1.165, 1.54) is 22.3 Å². The number of benzene rings is 3.